The average Bonchev–Trinajstić information content (AvgIpc) is 2.30. The standard InChI is InChI=1S/C12H24N2O2/c1-10(12(15)13-8-9-16-2)14-11-6-4-3-5-7-11/h10-11,14H,3-9H2,1-2H3,(H,13,15). The predicted octanol–water partition coefficient (Wildman–Crippen LogP) is 1.06. The van der Waals surface area contributed by atoms with Gasteiger partial charge in [-0.2, -0.15) is 0 Å². The van der Waals surface area contributed by atoms with E-state index in [1.54, 1.807) is 7.11 Å². The maximum atomic E-state index is 11.7. The minimum absolute atomic E-state index is 0.0719. The van der Waals surface area contributed by atoms with Gasteiger partial charge in [-0.3, -0.25) is 4.79 Å². The van der Waals surface area contributed by atoms with Crippen molar-refractivity contribution in [3.8, 4) is 0 Å². The van der Waals surface area contributed by atoms with Crippen LogP contribution in [0.3, 0.4) is 0 Å². The highest BCUT2D eigenvalue weighted by atomic mass is 16.5. The van der Waals surface area contributed by atoms with Crippen LogP contribution in [0.1, 0.15) is 39.0 Å². The Labute approximate surface area is 98.1 Å². The summed E-state index contributed by atoms with van der Waals surface area (Å²) in [4.78, 5) is 11.7. The molecular formula is C12H24N2O2. The molecule has 4 nitrogen and oxygen atoms in total. The van der Waals surface area contributed by atoms with Gasteiger partial charge >= 0.3 is 0 Å². The van der Waals surface area contributed by atoms with Gasteiger partial charge in [0.1, 0.15) is 0 Å². The lowest BCUT2D eigenvalue weighted by Gasteiger charge is -2.26. The Morgan fingerprint density at radius 2 is 2.06 bits per heavy atom. The van der Waals surface area contributed by atoms with Crippen LogP contribution in [0.5, 0.6) is 0 Å². The van der Waals surface area contributed by atoms with Gasteiger partial charge in [-0.1, -0.05) is 19.3 Å². The third kappa shape index (κ3) is 4.94. The fourth-order valence-electron chi connectivity index (χ4n) is 2.13. The second-order valence-corrected chi connectivity index (χ2v) is 4.51. The Hall–Kier alpha value is -0.610. The topological polar surface area (TPSA) is 50.4 Å². The van der Waals surface area contributed by atoms with Crippen molar-refractivity contribution in [3.05, 3.63) is 0 Å². The van der Waals surface area contributed by atoms with Crippen LogP contribution >= 0.6 is 0 Å². The molecule has 94 valence electrons. The van der Waals surface area contributed by atoms with Crippen LogP contribution in [-0.2, 0) is 9.53 Å². The van der Waals surface area contributed by atoms with E-state index in [0.717, 1.165) is 0 Å². The van der Waals surface area contributed by atoms with E-state index in [1.165, 1.54) is 32.1 Å². The molecule has 1 rings (SSSR count). The Balaban J connectivity index is 2.16. The van der Waals surface area contributed by atoms with Crippen molar-refractivity contribution >= 4 is 5.91 Å². The first-order chi connectivity index (χ1) is 7.74. The van der Waals surface area contributed by atoms with E-state index in [9.17, 15) is 4.79 Å². The van der Waals surface area contributed by atoms with Crippen molar-refractivity contribution in [1.29, 1.82) is 0 Å². The van der Waals surface area contributed by atoms with Gasteiger partial charge in [0.15, 0.2) is 0 Å². The fourth-order valence-corrected chi connectivity index (χ4v) is 2.13. The summed E-state index contributed by atoms with van der Waals surface area (Å²) in [6.45, 7) is 3.09. The van der Waals surface area contributed by atoms with Crippen molar-refractivity contribution in [2.75, 3.05) is 20.3 Å². The van der Waals surface area contributed by atoms with Gasteiger partial charge in [0.25, 0.3) is 0 Å². The van der Waals surface area contributed by atoms with Crippen LogP contribution in [0.4, 0.5) is 0 Å². The summed E-state index contributed by atoms with van der Waals surface area (Å²) in [6, 6.07) is 0.428. The SMILES string of the molecule is COCCNC(=O)C(C)NC1CCCCC1. The molecule has 16 heavy (non-hydrogen) atoms. The van der Waals surface area contributed by atoms with Crippen LogP contribution < -0.4 is 10.6 Å². The monoisotopic (exact) mass is 228 g/mol. The molecule has 1 atom stereocenters. The molecule has 0 aromatic rings. The van der Waals surface area contributed by atoms with Crippen molar-refractivity contribution in [1.82, 2.24) is 10.6 Å². The van der Waals surface area contributed by atoms with Crippen LogP contribution in [0.25, 0.3) is 0 Å². The smallest absolute Gasteiger partial charge is 0.236 e. The van der Waals surface area contributed by atoms with E-state index in [-0.39, 0.29) is 11.9 Å². The molecule has 1 unspecified atom stereocenters. The van der Waals surface area contributed by atoms with E-state index in [4.69, 9.17) is 4.74 Å². The number of carbonyl (C=O) groups excluding carboxylic acids is 1. The van der Waals surface area contributed by atoms with Crippen molar-refractivity contribution in [2.24, 2.45) is 0 Å². The molecule has 1 aliphatic rings. The predicted molar refractivity (Wildman–Crippen MR) is 64.4 cm³/mol. The highest BCUT2D eigenvalue weighted by molar-refractivity contribution is 5.81. The lowest BCUT2D eigenvalue weighted by Crippen LogP contribution is -2.47. The molecule has 1 fully saturated rings. The minimum Gasteiger partial charge on any atom is -0.383 e. The van der Waals surface area contributed by atoms with Gasteiger partial charge in [-0.05, 0) is 19.8 Å². The molecule has 0 spiro atoms. The molecule has 2 N–H and O–H groups in total. The first-order valence-electron chi connectivity index (χ1n) is 6.26. The lowest BCUT2D eigenvalue weighted by atomic mass is 9.95. The molecule has 1 amide bonds. The van der Waals surface area contributed by atoms with Gasteiger partial charge < -0.3 is 15.4 Å². The lowest BCUT2D eigenvalue weighted by molar-refractivity contribution is -0.123. The zero-order valence-electron chi connectivity index (χ0n) is 10.4. The number of hydrogen-bond acceptors (Lipinski definition) is 3. The number of ether oxygens (including phenoxy) is 1. The Morgan fingerprint density at radius 1 is 1.38 bits per heavy atom. The molecule has 1 aliphatic carbocycles. The Bertz CT molecular complexity index is 203. The highest BCUT2D eigenvalue weighted by Crippen LogP contribution is 2.17. The van der Waals surface area contributed by atoms with Crippen LogP contribution in [0.15, 0.2) is 0 Å². The van der Waals surface area contributed by atoms with Crippen LogP contribution in [0, 0.1) is 0 Å². The van der Waals surface area contributed by atoms with E-state index in [0.29, 0.717) is 19.2 Å². The minimum atomic E-state index is -0.0973. The normalized spacial score (nSPS) is 19.4. The van der Waals surface area contributed by atoms with Gasteiger partial charge in [-0.25, -0.2) is 0 Å². The molecule has 4 heteroatoms. The molecule has 0 bridgehead atoms. The van der Waals surface area contributed by atoms with E-state index >= 15 is 0 Å². The fraction of sp³-hybridized carbons (Fsp3) is 0.917. The van der Waals surface area contributed by atoms with Gasteiger partial charge in [0.2, 0.25) is 5.91 Å². The third-order valence-electron chi connectivity index (χ3n) is 3.09. The van der Waals surface area contributed by atoms with Crippen LogP contribution in [-0.4, -0.2) is 38.3 Å². The summed E-state index contributed by atoms with van der Waals surface area (Å²) in [7, 11) is 1.63. The Kier molecular flexibility index (Phi) is 6.42. The highest BCUT2D eigenvalue weighted by Gasteiger charge is 2.19. The quantitative estimate of drug-likeness (QED) is 0.668. The largest absolute Gasteiger partial charge is 0.383 e. The van der Waals surface area contributed by atoms with E-state index in [1.807, 2.05) is 6.92 Å². The molecule has 0 saturated heterocycles. The number of amides is 1. The van der Waals surface area contributed by atoms with E-state index in [2.05, 4.69) is 10.6 Å². The zero-order valence-corrected chi connectivity index (χ0v) is 10.4. The van der Waals surface area contributed by atoms with Crippen LogP contribution in [0.2, 0.25) is 0 Å². The molecule has 1 saturated carbocycles. The zero-order chi connectivity index (χ0) is 11.8. The number of nitrogens with one attached hydrogen (secondary N) is 2. The molecule has 0 aliphatic heterocycles. The summed E-state index contributed by atoms with van der Waals surface area (Å²) in [6.07, 6.45) is 6.32. The summed E-state index contributed by atoms with van der Waals surface area (Å²) in [5.74, 6) is 0.0719. The molecule has 0 heterocycles. The van der Waals surface area contributed by atoms with Crippen molar-refractivity contribution < 1.29 is 9.53 Å². The summed E-state index contributed by atoms with van der Waals surface area (Å²) in [5, 5.41) is 6.24. The van der Waals surface area contributed by atoms with Crippen molar-refractivity contribution in [3.63, 3.8) is 0 Å². The second-order valence-electron chi connectivity index (χ2n) is 4.51. The summed E-state index contributed by atoms with van der Waals surface area (Å²) in [5.41, 5.74) is 0. The molecule has 0 aromatic carbocycles. The second kappa shape index (κ2) is 7.63. The first kappa shape index (κ1) is 13.5. The van der Waals surface area contributed by atoms with E-state index < -0.39 is 0 Å². The summed E-state index contributed by atoms with van der Waals surface area (Å²) < 4.78 is 4.89. The average molecular weight is 228 g/mol. The number of methoxy groups -OCH3 is 1. The van der Waals surface area contributed by atoms with Gasteiger partial charge in [-0.15, -0.1) is 0 Å². The molecule has 0 radical (unpaired) electrons. The third-order valence-corrected chi connectivity index (χ3v) is 3.09. The maximum Gasteiger partial charge on any atom is 0.236 e. The van der Waals surface area contributed by atoms with Crippen molar-refractivity contribution in [2.45, 2.75) is 51.1 Å². The molecule has 0 aromatic heterocycles. The van der Waals surface area contributed by atoms with Gasteiger partial charge in [0, 0.05) is 19.7 Å². The summed E-state index contributed by atoms with van der Waals surface area (Å²) >= 11 is 0. The van der Waals surface area contributed by atoms with Gasteiger partial charge in [0.05, 0.1) is 12.6 Å². The number of hydrogen-bond donors (Lipinski definition) is 2. The first-order valence-corrected chi connectivity index (χ1v) is 6.26. The molecular weight excluding hydrogens is 204 g/mol. The number of carbonyl (C=O) groups is 1. The Morgan fingerprint density at radius 3 is 2.69 bits per heavy atom. The maximum absolute atomic E-state index is 11.7. The number of rotatable bonds is 6.